The largest absolute Gasteiger partial charge is 0.504 e. The van der Waals surface area contributed by atoms with Crippen molar-refractivity contribution in [1.29, 1.82) is 0 Å². The van der Waals surface area contributed by atoms with Crippen molar-refractivity contribution >= 4 is 50.6 Å². The molecule has 1 aromatic heterocycles. The van der Waals surface area contributed by atoms with Crippen molar-refractivity contribution in [1.82, 2.24) is 4.57 Å². The van der Waals surface area contributed by atoms with E-state index < -0.39 is 0 Å². The van der Waals surface area contributed by atoms with Gasteiger partial charge in [-0.25, -0.2) is 4.99 Å². The summed E-state index contributed by atoms with van der Waals surface area (Å²) < 4.78 is 8.28. The smallest absolute Gasteiger partial charge is 0.271 e. The van der Waals surface area contributed by atoms with Gasteiger partial charge in [-0.05, 0) is 59.9 Å². The molecule has 0 spiro atoms. The molecule has 2 aliphatic rings. The number of aryl methyl sites for hydroxylation is 1. The van der Waals surface area contributed by atoms with Crippen LogP contribution in [-0.2, 0) is 6.42 Å². The van der Waals surface area contributed by atoms with Gasteiger partial charge in [0.25, 0.3) is 5.56 Å². The topological polar surface area (TPSA) is 63.8 Å². The zero-order valence-electron chi connectivity index (χ0n) is 19.2. The molecule has 1 N–H and O–H groups in total. The molecule has 0 saturated carbocycles. The zero-order valence-corrected chi connectivity index (χ0v) is 22.3. The van der Waals surface area contributed by atoms with Gasteiger partial charge in [0.15, 0.2) is 16.3 Å². The van der Waals surface area contributed by atoms with Gasteiger partial charge in [-0.15, -0.1) is 0 Å². The Bertz CT molecular complexity index is 1740. The molecule has 0 saturated heterocycles. The van der Waals surface area contributed by atoms with Gasteiger partial charge in [-0.1, -0.05) is 75.3 Å². The Kier molecular flexibility index (Phi) is 5.86. The summed E-state index contributed by atoms with van der Waals surface area (Å²) in [7, 11) is 1.49. The van der Waals surface area contributed by atoms with Crippen molar-refractivity contribution in [2.75, 3.05) is 7.11 Å². The lowest BCUT2D eigenvalue weighted by atomic mass is 9.83. The fourth-order valence-corrected chi connectivity index (χ4v) is 6.54. The van der Waals surface area contributed by atoms with Gasteiger partial charge in [0.2, 0.25) is 0 Å². The number of fused-ring (bicyclic) bond motifs is 3. The number of aromatic nitrogens is 1. The Morgan fingerprint density at radius 3 is 2.72 bits per heavy atom. The Labute approximate surface area is 224 Å². The number of rotatable bonds is 3. The van der Waals surface area contributed by atoms with Crippen LogP contribution in [0.1, 0.15) is 34.7 Å². The molecule has 1 aliphatic heterocycles. The lowest BCUT2D eigenvalue weighted by Gasteiger charge is -2.30. The van der Waals surface area contributed by atoms with E-state index in [1.54, 1.807) is 22.8 Å². The molecule has 8 heteroatoms. The molecule has 0 fully saturated rings. The number of benzene rings is 3. The van der Waals surface area contributed by atoms with E-state index in [2.05, 4.69) is 34.1 Å². The highest BCUT2D eigenvalue weighted by atomic mass is 79.9. The molecule has 4 aromatic rings. The second-order valence-corrected chi connectivity index (χ2v) is 11.1. The van der Waals surface area contributed by atoms with E-state index >= 15 is 0 Å². The van der Waals surface area contributed by atoms with Crippen LogP contribution in [0.4, 0.5) is 0 Å². The van der Waals surface area contributed by atoms with Crippen molar-refractivity contribution in [3.8, 4) is 11.5 Å². The van der Waals surface area contributed by atoms with E-state index in [1.165, 1.54) is 24.0 Å². The van der Waals surface area contributed by atoms with E-state index in [4.69, 9.17) is 21.3 Å². The van der Waals surface area contributed by atoms with Crippen molar-refractivity contribution in [2.24, 2.45) is 4.99 Å². The van der Waals surface area contributed by atoms with Crippen molar-refractivity contribution < 1.29 is 9.84 Å². The monoisotopic (exact) mass is 578 g/mol. The minimum atomic E-state index is -0.283. The number of ether oxygens (including phenoxy) is 1. The Hall–Kier alpha value is -3.13. The molecule has 36 heavy (non-hydrogen) atoms. The normalized spacial score (nSPS) is 16.8. The summed E-state index contributed by atoms with van der Waals surface area (Å²) in [5.41, 5.74) is 5.77. The zero-order chi connectivity index (χ0) is 25.0. The number of aromatic hydroxyl groups is 1. The molecule has 1 atom stereocenters. The van der Waals surface area contributed by atoms with E-state index in [1.807, 2.05) is 30.3 Å². The first kappa shape index (κ1) is 23.3. The summed E-state index contributed by atoms with van der Waals surface area (Å²) in [4.78, 5) is 19.5. The minimum absolute atomic E-state index is 0.0194. The van der Waals surface area contributed by atoms with Crippen LogP contribution >= 0.6 is 38.9 Å². The van der Waals surface area contributed by atoms with Crippen molar-refractivity contribution in [2.45, 2.75) is 18.9 Å². The fraction of sp³-hybridized carbons (Fsp3) is 0.143. The second kappa shape index (κ2) is 9.07. The predicted octanol–water partition coefficient (Wildman–Crippen LogP) is 5.45. The number of phenolic OH excluding ortho intramolecular Hbond substituents is 1. The first-order chi connectivity index (χ1) is 17.4. The maximum absolute atomic E-state index is 13.8. The number of thiazole rings is 1. The average molecular weight is 580 g/mol. The van der Waals surface area contributed by atoms with Crippen molar-refractivity contribution in [3.63, 3.8) is 0 Å². The number of hydrogen-bond donors (Lipinski definition) is 1. The summed E-state index contributed by atoms with van der Waals surface area (Å²) in [5, 5.41) is 11.3. The third-order valence-electron chi connectivity index (χ3n) is 6.63. The number of phenols is 1. The highest BCUT2D eigenvalue weighted by molar-refractivity contribution is 9.10. The standard InChI is InChI=1S/C28H20BrClN2O3S/c1-35-22-14-18(29)12-17(26(22)33)13-23-27(34)32-25(16-6-9-19(30)10-7-16)21-11-8-15-4-2-3-5-20(15)24(21)31-28(32)36-23/h2-7,9-10,12-14,25,33H,8,11H2,1H3/b23-13-/t25-/m1/s1. The van der Waals surface area contributed by atoms with Gasteiger partial charge in [-0.2, -0.15) is 0 Å². The number of methoxy groups -OCH3 is 1. The van der Waals surface area contributed by atoms with E-state index in [0.717, 1.165) is 39.7 Å². The van der Waals surface area contributed by atoms with Crippen LogP contribution in [0.5, 0.6) is 11.5 Å². The fourth-order valence-electron chi connectivity index (χ4n) is 4.97. The molecule has 2 heterocycles. The number of halogens is 2. The first-order valence-electron chi connectivity index (χ1n) is 11.4. The summed E-state index contributed by atoms with van der Waals surface area (Å²) in [6.45, 7) is 0. The minimum Gasteiger partial charge on any atom is -0.504 e. The summed E-state index contributed by atoms with van der Waals surface area (Å²) in [5.74, 6) is 0.309. The van der Waals surface area contributed by atoms with Crippen LogP contribution in [0.25, 0.3) is 11.8 Å². The average Bonchev–Trinajstić information content (AvgIpc) is 3.19. The second-order valence-electron chi connectivity index (χ2n) is 8.71. The van der Waals surface area contributed by atoms with Crippen LogP contribution in [-0.4, -0.2) is 16.8 Å². The SMILES string of the molecule is COc1cc(Br)cc(/C=c2\sc3n(c2=O)[C@H](c2ccc(Cl)cc2)C2=C(N=3)c3ccccc3CC2)c1O. The molecule has 180 valence electrons. The summed E-state index contributed by atoms with van der Waals surface area (Å²) >= 11 is 11.0. The highest BCUT2D eigenvalue weighted by Gasteiger charge is 2.32. The maximum Gasteiger partial charge on any atom is 0.271 e. The quantitative estimate of drug-likeness (QED) is 0.351. The maximum atomic E-state index is 13.8. The molecule has 5 nitrogen and oxygen atoms in total. The number of allylic oxidation sites excluding steroid dienone is 1. The van der Waals surface area contributed by atoms with E-state index in [9.17, 15) is 9.90 Å². The molecule has 3 aromatic carbocycles. The summed E-state index contributed by atoms with van der Waals surface area (Å²) in [6.07, 6.45) is 3.41. The molecule has 1 aliphatic carbocycles. The molecule has 6 rings (SSSR count). The van der Waals surface area contributed by atoms with Gasteiger partial charge in [0.05, 0.1) is 23.4 Å². The Morgan fingerprint density at radius 1 is 1.17 bits per heavy atom. The Balaban J connectivity index is 1.62. The molecular formula is C28H20BrClN2O3S. The third kappa shape index (κ3) is 3.82. The number of hydrogen-bond acceptors (Lipinski definition) is 5. The van der Waals surface area contributed by atoms with Gasteiger partial charge < -0.3 is 9.84 Å². The third-order valence-corrected chi connectivity index (χ3v) is 8.33. The van der Waals surface area contributed by atoms with Crippen LogP contribution in [0.3, 0.4) is 0 Å². The highest BCUT2D eigenvalue weighted by Crippen LogP contribution is 2.41. The van der Waals surface area contributed by atoms with Gasteiger partial charge >= 0.3 is 0 Å². The van der Waals surface area contributed by atoms with Crippen LogP contribution < -0.4 is 19.6 Å². The molecule has 0 radical (unpaired) electrons. The molecule has 0 amide bonds. The van der Waals surface area contributed by atoms with Gasteiger partial charge in [-0.3, -0.25) is 9.36 Å². The lowest BCUT2D eigenvalue weighted by molar-refractivity contribution is 0.372. The molecular weight excluding hydrogens is 560 g/mol. The van der Waals surface area contributed by atoms with Gasteiger partial charge in [0, 0.05) is 20.6 Å². The van der Waals surface area contributed by atoms with Gasteiger partial charge in [0.1, 0.15) is 0 Å². The van der Waals surface area contributed by atoms with Crippen LogP contribution in [0, 0.1) is 0 Å². The predicted molar refractivity (Wildman–Crippen MR) is 147 cm³/mol. The van der Waals surface area contributed by atoms with E-state index in [-0.39, 0.29) is 17.4 Å². The number of nitrogens with zero attached hydrogens (tertiary/aromatic N) is 2. The first-order valence-corrected chi connectivity index (χ1v) is 13.4. The summed E-state index contributed by atoms with van der Waals surface area (Å²) in [6, 6.07) is 19.2. The lowest BCUT2D eigenvalue weighted by Crippen LogP contribution is -2.38. The van der Waals surface area contributed by atoms with Crippen LogP contribution in [0.2, 0.25) is 5.02 Å². The van der Waals surface area contributed by atoms with Crippen LogP contribution in [0.15, 0.2) is 80.5 Å². The van der Waals surface area contributed by atoms with Crippen molar-refractivity contribution in [3.05, 3.63) is 118 Å². The van der Waals surface area contributed by atoms with E-state index in [0.29, 0.717) is 25.7 Å². The Morgan fingerprint density at radius 2 is 1.94 bits per heavy atom. The molecule has 0 bridgehead atoms. The molecule has 0 unspecified atom stereocenters.